The summed E-state index contributed by atoms with van der Waals surface area (Å²) in [7, 11) is 0. The molecule has 2 N–H and O–H groups in total. The number of nitrogens with zero attached hydrogens (tertiary/aromatic N) is 1. The molecule has 0 saturated carbocycles. The van der Waals surface area contributed by atoms with E-state index in [0.717, 1.165) is 18.1 Å². The minimum absolute atomic E-state index is 0.425. The second-order valence-electron chi connectivity index (χ2n) is 4.43. The number of hydrogen-bond donors (Lipinski definition) is 1. The fourth-order valence-electron chi connectivity index (χ4n) is 1.96. The molecular formula is C14H15F3N2. The Labute approximate surface area is 109 Å². The van der Waals surface area contributed by atoms with Crippen LogP contribution in [-0.4, -0.2) is 11.1 Å². The first-order chi connectivity index (χ1) is 8.99. The van der Waals surface area contributed by atoms with Gasteiger partial charge in [-0.15, -0.1) is 0 Å². The molecule has 1 heterocycles. The van der Waals surface area contributed by atoms with E-state index in [9.17, 15) is 13.2 Å². The predicted octanol–water partition coefficient (Wildman–Crippen LogP) is 3.06. The van der Waals surface area contributed by atoms with Crippen molar-refractivity contribution in [2.75, 3.05) is 6.54 Å². The Morgan fingerprint density at radius 3 is 2.58 bits per heavy atom. The van der Waals surface area contributed by atoms with Crippen LogP contribution in [0.3, 0.4) is 0 Å². The zero-order valence-corrected chi connectivity index (χ0v) is 10.3. The maximum Gasteiger partial charge on any atom is 0.416 e. The molecule has 0 aliphatic carbocycles. The highest BCUT2D eigenvalue weighted by atomic mass is 19.4. The van der Waals surface area contributed by atoms with Gasteiger partial charge in [-0.2, -0.15) is 13.2 Å². The molecule has 0 bridgehead atoms. The number of benzene rings is 1. The van der Waals surface area contributed by atoms with Crippen molar-refractivity contribution in [3.05, 3.63) is 59.4 Å². The average molecular weight is 268 g/mol. The van der Waals surface area contributed by atoms with Gasteiger partial charge in [-0.05, 0) is 42.3 Å². The van der Waals surface area contributed by atoms with Gasteiger partial charge in [0.25, 0.3) is 0 Å². The normalized spacial score (nSPS) is 11.8. The molecule has 1 aromatic carbocycles. The maximum atomic E-state index is 12.6. The van der Waals surface area contributed by atoms with Crippen molar-refractivity contribution in [2.45, 2.75) is 19.1 Å². The number of nitrogens with two attached hydrogens (primary N) is 1. The van der Waals surface area contributed by atoms with E-state index < -0.39 is 11.7 Å². The lowest BCUT2D eigenvalue weighted by molar-refractivity contribution is -0.137. The molecule has 2 nitrogen and oxygen atoms in total. The zero-order valence-electron chi connectivity index (χ0n) is 10.3. The van der Waals surface area contributed by atoms with Crippen molar-refractivity contribution in [2.24, 2.45) is 5.73 Å². The first-order valence-electron chi connectivity index (χ1n) is 6.00. The molecule has 0 aliphatic rings. The van der Waals surface area contributed by atoms with E-state index in [1.807, 2.05) is 23.0 Å². The van der Waals surface area contributed by atoms with Crippen molar-refractivity contribution >= 4 is 0 Å². The zero-order chi connectivity index (χ0) is 13.9. The van der Waals surface area contributed by atoms with Gasteiger partial charge in [-0.3, -0.25) is 0 Å². The summed E-state index contributed by atoms with van der Waals surface area (Å²) in [5.74, 6) is 0. The predicted molar refractivity (Wildman–Crippen MR) is 67.7 cm³/mol. The van der Waals surface area contributed by atoms with Crippen molar-refractivity contribution in [1.29, 1.82) is 0 Å². The number of halogens is 3. The van der Waals surface area contributed by atoms with Gasteiger partial charge in [0.1, 0.15) is 0 Å². The summed E-state index contributed by atoms with van der Waals surface area (Å²) in [6.07, 6.45) is 0.241. The average Bonchev–Trinajstić information content (AvgIpc) is 2.76. The van der Waals surface area contributed by atoms with Crippen LogP contribution < -0.4 is 5.73 Å². The summed E-state index contributed by atoms with van der Waals surface area (Å²) in [4.78, 5) is 0. The van der Waals surface area contributed by atoms with E-state index in [-0.39, 0.29) is 0 Å². The van der Waals surface area contributed by atoms with Gasteiger partial charge in [0.2, 0.25) is 0 Å². The van der Waals surface area contributed by atoms with Gasteiger partial charge >= 0.3 is 6.18 Å². The largest absolute Gasteiger partial charge is 0.416 e. The summed E-state index contributed by atoms with van der Waals surface area (Å²) in [5.41, 5.74) is 6.57. The van der Waals surface area contributed by atoms with Crippen LogP contribution in [0.4, 0.5) is 13.2 Å². The van der Waals surface area contributed by atoms with Gasteiger partial charge in [0.05, 0.1) is 5.56 Å². The monoisotopic (exact) mass is 268 g/mol. The Balaban J connectivity index is 2.14. The molecule has 19 heavy (non-hydrogen) atoms. The Bertz CT molecular complexity index is 544. The number of alkyl halides is 3. The first kappa shape index (κ1) is 13.7. The molecule has 2 rings (SSSR count). The molecule has 0 radical (unpaired) electrons. The number of aromatic nitrogens is 1. The molecule has 5 heteroatoms. The third kappa shape index (κ3) is 3.61. The lowest BCUT2D eigenvalue weighted by atomic mass is 10.1. The maximum absolute atomic E-state index is 12.6. The van der Waals surface area contributed by atoms with Crippen LogP contribution in [0.5, 0.6) is 0 Å². The van der Waals surface area contributed by atoms with Crippen molar-refractivity contribution in [3.63, 3.8) is 0 Å². The highest BCUT2D eigenvalue weighted by molar-refractivity contribution is 5.26. The first-order valence-corrected chi connectivity index (χ1v) is 6.00. The van der Waals surface area contributed by atoms with E-state index in [0.29, 0.717) is 18.7 Å². The second-order valence-corrected chi connectivity index (χ2v) is 4.43. The Hall–Kier alpha value is -1.75. The van der Waals surface area contributed by atoms with Crippen LogP contribution in [0.2, 0.25) is 0 Å². The SMILES string of the molecule is NCCc1ccn(Cc2cccc(C(F)(F)F)c2)c1. The lowest BCUT2D eigenvalue weighted by Crippen LogP contribution is -2.06. The van der Waals surface area contributed by atoms with E-state index in [4.69, 9.17) is 5.73 Å². The van der Waals surface area contributed by atoms with Crippen molar-refractivity contribution in [1.82, 2.24) is 4.57 Å². The lowest BCUT2D eigenvalue weighted by Gasteiger charge is -2.09. The van der Waals surface area contributed by atoms with Crippen LogP contribution in [0.25, 0.3) is 0 Å². The second kappa shape index (κ2) is 5.48. The van der Waals surface area contributed by atoms with Gasteiger partial charge in [0, 0.05) is 18.9 Å². The summed E-state index contributed by atoms with van der Waals surface area (Å²) in [6, 6.07) is 7.32. The Morgan fingerprint density at radius 1 is 1.11 bits per heavy atom. The number of rotatable bonds is 4. The van der Waals surface area contributed by atoms with Gasteiger partial charge < -0.3 is 10.3 Å². The Morgan fingerprint density at radius 2 is 1.89 bits per heavy atom. The summed E-state index contributed by atoms with van der Waals surface area (Å²) in [6.45, 7) is 0.988. The molecule has 0 spiro atoms. The van der Waals surface area contributed by atoms with Gasteiger partial charge in [-0.25, -0.2) is 0 Å². The van der Waals surface area contributed by atoms with E-state index in [1.165, 1.54) is 12.1 Å². The van der Waals surface area contributed by atoms with E-state index >= 15 is 0 Å². The molecule has 102 valence electrons. The van der Waals surface area contributed by atoms with Crippen molar-refractivity contribution < 1.29 is 13.2 Å². The topological polar surface area (TPSA) is 30.9 Å². The molecule has 0 unspecified atom stereocenters. The molecule has 0 saturated heterocycles. The molecule has 0 fully saturated rings. The third-order valence-corrected chi connectivity index (χ3v) is 2.86. The molecular weight excluding hydrogens is 253 g/mol. The molecule has 1 aromatic heterocycles. The van der Waals surface area contributed by atoms with Crippen LogP contribution in [-0.2, 0) is 19.1 Å². The van der Waals surface area contributed by atoms with Gasteiger partial charge in [-0.1, -0.05) is 12.1 Å². The van der Waals surface area contributed by atoms with E-state index in [2.05, 4.69) is 0 Å². The van der Waals surface area contributed by atoms with E-state index in [1.54, 1.807) is 6.07 Å². The minimum Gasteiger partial charge on any atom is -0.350 e. The third-order valence-electron chi connectivity index (χ3n) is 2.86. The minimum atomic E-state index is -4.29. The summed E-state index contributed by atoms with van der Waals surface area (Å²) >= 11 is 0. The van der Waals surface area contributed by atoms with Crippen LogP contribution >= 0.6 is 0 Å². The molecule has 0 amide bonds. The smallest absolute Gasteiger partial charge is 0.350 e. The highest BCUT2D eigenvalue weighted by Crippen LogP contribution is 2.29. The highest BCUT2D eigenvalue weighted by Gasteiger charge is 2.30. The van der Waals surface area contributed by atoms with Gasteiger partial charge in [0.15, 0.2) is 0 Å². The quantitative estimate of drug-likeness (QED) is 0.907. The summed E-state index contributed by atoms with van der Waals surface area (Å²) in [5, 5.41) is 0. The molecule has 2 aromatic rings. The van der Waals surface area contributed by atoms with Crippen LogP contribution in [0, 0.1) is 0 Å². The fourth-order valence-corrected chi connectivity index (χ4v) is 1.96. The Kier molecular flexibility index (Phi) is 3.95. The molecule has 0 aliphatic heterocycles. The summed E-state index contributed by atoms with van der Waals surface area (Å²) < 4.78 is 39.6. The van der Waals surface area contributed by atoms with Crippen LogP contribution in [0.1, 0.15) is 16.7 Å². The van der Waals surface area contributed by atoms with Crippen LogP contribution in [0.15, 0.2) is 42.7 Å². The standard InChI is InChI=1S/C14H15F3N2/c15-14(16,17)13-3-1-2-12(8-13)10-19-7-5-11(9-19)4-6-18/h1-3,5,7-9H,4,6,10,18H2. The molecule has 0 atom stereocenters. The number of hydrogen-bond acceptors (Lipinski definition) is 1. The van der Waals surface area contributed by atoms with Crippen molar-refractivity contribution in [3.8, 4) is 0 Å². The fraction of sp³-hybridized carbons (Fsp3) is 0.286.